The van der Waals surface area contributed by atoms with E-state index in [1.165, 1.54) is 5.56 Å². The number of piperidine rings is 1. The Labute approximate surface area is 199 Å². The zero-order valence-corrected chi connectivity index (χ0v) is 19.7. The van der Waals surface area contributed by atoms with Crippen LogP contribution in [0.1, 0.15) is 28.8 Å². The largest absolute Gasteiger partial charge is 0.352 e. The topological polar surface area (TPSA) is 74.6 Å². The van der Waals surface area contributed by atoms with Gasteiger partial charge in [0, 0.05) is 23.4 Å². The zero-order chi connectivity index (χ0) is 23.5. The van der Waals surface area contributed by atoms with Gasteiger partial charge in [-0.05, 0) is 88.3 Å². The minimum absolute atomic E-state index is 0.0286. The van der Waals surface area contributed by atoms with Crippen LogP contribution >= 0.6 is 0 Å². The first kappa shape index (κ1) is 22.1. The van der Waals surface area contributed by atoms with Crippen LogP contribution in [0, 0.1) is 12.8 Å². The van der Waals surface area contributed by atoms with Crippen LogP contribution < -0.4 is 10.6 Å². The van der Waals surface area contributed by atoms with Crippen molar-refractivity contribution in [2.45, 2.75) is 19.8 Å². The Balaban J connectivity index is 1.25. The molecule has 34 heavy (non-hydrogen) atoms. The molecule has 0 aliphatic carbocycles. The summed E-state index contributed by atoms with van der Waals surface area (Å²) in [6.07, 6.45) is 2.27. The van der Waals surface area contributed by atoms with E-state index in [9.17, 15) is 4.79 Å². The molecular weight excluding hydrogens is 424 g/mol. The van der Waals surface area contributed by atoms with Crippen molar-refractivity contribution in [1.82, 2.24) is 24.8 Å². The van der Waals surface area contributed by atoms with Crippen molar-refractivity contribution in [3.05, 3.63) is 77.9 Å². The number of pyridine rings is 1. The van der Waals surface area contributed by atoms with E-state index in [1.54, 1.807) is 0 Å². The average Bonchev–Trinajstić information content (AvgIpc) is 3.26. The molecular formula is C27H30N6O. The average molecular weight is 455 g/mol. The summed E-state index contributed by atoms with van der Waals surface area (Å²) in [5.41, 5.74) is 5.54. The van der Waals surface area contributed by atoms with Gasteiger partial charge in [0.1, 0.15) is 0 Å². The second-order valence-corrected chi connectivity index (χ2v) is 9.14. The fraction of sp³-hybridized carbons (Fsp3) is 0.296. The normalized spacial score (nSPS) is 14.9. The van der Waals surface area contributed by atoms with Gasteiger partial charge in [-0.3, -0.25) is 4.79 Å². The number of anilines is 2. The van der Waals surface area contributed by atoms with Gasteiger partial charge >= 0.3 is 0 Å². The fourth-order valence-corrected chi connectivity index (χ4v) is 4.42. The molecule has 174 valence electrons. The van der Waals surface area contributed by atoms with Crippen LogP contribution in [-0.4, -0.2) is 52.1 Å². The molecule has 4 aromatic rings. The number of carbonyl (C=O) groups is 1. The molecule has 0 spiro atoms. The summed E-state index contributed by atoms with van der Waals surface area (Å²) in [6.45, 7) is 5.02. The second kappa shape index (κ2) is 9.65. The maximum absolute atomic E-state index is 12.6. The third-order valence-electron chi connectivity index (χ3n) is 6.47. The van der Waals surface area contributed by atoms with Crippen molar-refractivity contribution in [3.8, 4) is 11.3 Å². The van der Waals surface area contributed by atoms with Gasteiger partial charge in [-0.1, -0.05) is 29.8 Å². The first-order chi connectivity index (χ1) is 16.5. The predicted molar refractivity (Wildman–Crippen MR) is 135 cm³/mol. The lowest BCUT2D eigenvalue weighted by molar-refractivity contribution is 0.0939. The van der Waals surface area contributed by atoms with Crippen LogP contribution in [0.25, 0.3) is 16.9 Å². The van der Waals surface area contributed by atoms with Crippen molar-refractivity contribution in [3.63, 3.8) is 0 Å². The molecule has 3 heterocycles. The number of aryl methyl sites for hydroxylation is 1. The van der Waals surface area contributed by atoms with Crippen LogP contribution in [0.5, 0.6) is 0 Å². The number of rotatable bonds is 6. The Bertz CT molecular complexity index is 1290. The molecule has 1 amide bonds. The lowest BCUT2D eigenvalue weighted by Gasteiger charge is -2.28. The third kappa shape index (κ3) is 4.94. The Morgan fingerprint density at radius 3 is 2.56 bits per heavy atom. The maximum atomic E-state index is 12.6. The summed E-state index contributed by atoms with van der Waals surface area (Å²) in [5.74, 6) is 1.05. The molecule has 7 nitrogen and oxygen atoms in total. The summed E-state index contributed by atoms with van der Waals surface area (Å²) in [6, 6.07) is 21.8. The Hall–Kier alpha value is -3.71. The first-order valence-electron chi connectivity index (χ1n) is 11.8. The van der Waals surface area contributed by atoms with Crippen molar-refractivity contribution in [2.24, 2.45) is 5.92 Å². The molecule has 0 saturated carbocycles. The second-order valence-electron chi connectivity index (χ2n) is 9.14. The Morgan fingerprint density at radius 2 is 1.79 bits per heavy atom. The van der Waals surface area contributed by atoms with Gasteiger partial charge in [-0.2, -0.15) is 4.98 Å². The molecule has 5 rings (SSSR count). The number of carbonyl (C=O) groups excluding carboxylic acids is 1. The number of hydrogen-bond acceptors (Lipinski definition) is 5. The number of aromatic nitrogens is 3. The monoisotopic (exact) mass is 454 g/mol. The zero-order valence-electron chi connectivity index (χ0n) is 19.7. The molecule has 2 aromatic carbocycles. The Morgan fingerprint density at radius 1 is 1.03 bits per heavy atom. The molecule has 0 unspecified atom stereocenters. The molecule has 1 saturated heterocycles. The quantitative estimate of drug-likeness (QED) is 0.448. The number of fused-ring (bicyclic) bond motifs is 1. The molecule has 0 radical (unpaired) electrons. The lowest BCUT2D eigenvalue weighted by atomic mass is 9.97. The summed E-state index contributed by atoms with van der Waals surface area (Å²) in [5, 5.41) is 11.0. The van der Waals surface area contributed by atoms with Gasteiger partial charge in [-0.25, -0.2) is 4.52 Å². The number of nitrogens with zero attached hydrogens (tertiary/aromatic N) is 4. The number of likely N-dealkylation sites (tertiary alicyclic amines) is 1. The lowest BCUT2D eigenvalue weighted by Crippen LogP contribution is -2.36. The fourth-order valence-electron chi connectivity index (χ4n) is 4.42. The van der Waals surface area contributed by atoms with Gasteiger partial charge in [0.25, 0.3) is 5.91 Å². The molecule has 7 heteroatoms. The molecule has 1 fully saturated rings. The minimum Gasteiger partial charge on any atom is -0.352 e. The molecule has 0 bridgehead atoms. The van der Waals surface area contributed by atoms with Crippen molar-refractivity contribution in [2.75, 3.05) is 32.0 Å². The van der Waals surface area contributed by atoms with Gasteiger partial charge < -0.3 is 15.5 Å². The SMILES string of the molecule is Cc1cccc(-c2cccc3nc(Nc4ccc(C(=O)NCC5CCN(C)CC5)cc4)nn23)c1. The number of benzene rings is 2. The number of amides is 1. The van der Waals surface area contributed by atoms with E-state index in [1.807, 2.05) is 53.0 Å². The van der Waals surface area contributed by atoms with E-state index < -0.39 is 0 Å². The highest BCUT2D eigenvalue weighted by molar-refractivity contribution is 5.94. The van der Waals surface area contributed by atoms with Crippen LogP contribution in [-0.2, 0) is 0 Å². The molecule has 1 aliphatic heterocycles. The van der Waals surface area contributed by atoms with Gasteiger partial charge in [-0.15, -0.1) is 5.10 Å². The van der Waals surface area contributed by atoms with Crippen LogP contribution in [0.4, 0.5) is 11.6 Å². The third-order valence-corrected chi connectivity index (χ3v) is 6.47. The standard InChI is InChI=1S/C27H30N6O/c1-19-5-3-6-22(17-19)24-7-4-8-25-30-27(31-33(24)25)29-23-11-9-21(10-12-23)26(34)28-18-20-13-15-32(2)16-14-20/h3-12,17,20H,13-16,18H2,1-2H3,(H,28,34)(H,29,31). The predicted octanol–water partition coefficient (Wildman–Crippen LogP) is 4.52. The highest BCUT2D eigenvalue weighted by atomic mass is 16.1. The van der Waals surface area contributed by atoms with Crippen LogP contribution in [0.2, 0.25) is 0 Å². The minimum atomic E-state index is -0.0286. The highest BCUT2D eigenvalue weighted by Crippen LogP contribution is 2.23. The molecule has 1 aliphatic rings. The summed E-state index contributed by atoms with van der Waals surface area (Å²) >= 11 is 0. The molecule has 0 atom stereocenters. The summed E-state index contributed by atoms with van der Waals surface area (Å²) in [4.78, 5) is 19.5. The van der Waals surface area contributed by atoms with Gasteiger partial charge in [0.15, 0.2) is 5.65 Å². The summed E-state index contributed by atoms with van der Waals surface area (Å²) in [7, 11) is 2.15. The van der Waals surface area contributed by atoms with E-state index >= 15 is 0 Å². The van der Waals surface area contributed by atoms with Gasteiger partial charge in [0.05, 0.1) is 5.69 Å². The van der Waals surface area contributed by atoms with Crippen molar-refractivity contribution in [1.29, 1.82) is 0 Å². The van der Waals surface area contributed by atoms with Crippen LogP contribution in [0.15, 0.2) is 66.7 Å². The van der Waals surface area contributed by atoms with Crippen molar-refractivity contribution < 1.29 is 4.79 Å². The summed E-state index contributed by atoms with van der Waals surface area (Å²) < 4.78 is 1.85. The highest BCUT2D eigenvalue weighted by Gasteiger charge is 2.17. The molecule has 2 aromatic heterocycles. The first-order valence-corrected chi connectivity index (χ1v) is 11.8. The van der Waals surface area contributed by atoms with E-state index in [0.29, 0.717) is 17.4 Å². The van der Waals surface area contributed by atoms with E-state index in [2.05, 4.69) is 57.8 Å². The van der Waals surface area contributed by atoms with E-state index in [4.69, 9.17) is 0 Å². The number of hydrogen-bond donors (Lipinski definition) is 2. The van der Waals surface area contributed by atoms with E-state index in [-0.39, 0.29) is 5.91 Å². The maximum Gasteiger partial charge on any atom is 0.251 e. The van der Waals surface area contributed by atoms with E-state index in [0.717, 1.165) is 55.1 Å². The van der Waals surface area contributed by atoms with Gasteiger partial charge in [0.2, 0.25) is 5.95 Å². The van der Waals surface area contributed by atoms with Crippen molar-refractivity contribution >= 4 is 23.2 Å². The number of nitrogens with one attached hydrogen (secondary N) is 2. The smallest absolute Gasteiger partial charge is 0.251 e. The molecule has 2 N–H and O–H groups in total. The Kier molecular flexibility index (Phi) is 6.27. The van der Waals surface area contributed by atoms with Crippen LogP contribution in [0.3, 0.4) is 0 Å².